The van der Waals surface area contributed by atoms with Gasteiger partial charge in [0.1, 0.15) is 5.75 Å². The average Bonchev–Trinajstić information content (AvgIpc) is 3.35. The number of nitrogens with zero attached hydrogens (tertiary/aromatic N) is 1. The first kappa shape index (κ1) is 16.3. The standard InChI is InChI=1S/C18H30N2O/c1-5-6-11-20(17-8-9-17)13-16-12-15(14(2)19-3)7-10-18(16)21-4/h7,10,12,14,17,19H,5-6,8-9,11,13H2,1-4H3. The fourth-order valence-electron chi connectivity index (χ4n) is 2.77. The summed E-state index contributed by atoms with van der Waals surface area (Å²) < 4.78 is 5.57. The Morgan fingerprint density at radius 3 is 2.71 bits per heavy atom. The molecule has 1 aliphatic carbocycles. The number of benzene rings is 1. The molecule has 1 saturated carbocycles. The van der Waals surface area contributed by atoms with Gasteiger partial charge in [-0.2, -0.15) is 0 Å². The monoisotopic (exact) mass is 290 g/mol. The molecule has 1 atom stereocenters. The van der Waals surface area contributed by atoms with Crippen LogP contribution in [0.4, 0.5) is 0 Å². The largest absolute Gasteiger partial charge is 0.496 e. The molecule has 1 fully saturated rings. The van der Waals surface area contributed by atoms with Crippen LogP contribution in [0.15, 0.2) is 18.2 Å². The Labute approximate surface area is 129 Å². The summed E-state index contributed by atoms with van der Waals surface area (Å²) in [5.41, 5.74) is 2.65. The number of unbranched alkanes of at least 4 members (excludes halogenated alkanes) is 1. The van der Waals surface area contributed by atoms with Gasteiger partial charge in [0.05, 0.1) is 7.11 Å². The molecule has 3 heteroatoms. The molecule has 21 heavy (non-hydrogen) atoms. The van der Waals surface area contributed by atoms with Crippen LogP contribution in [-0.2, 0) is 6.54 Å². The molecule has 1 aromatic rings. The summed E-state index contributed by atoms with van der Waals surface area (Å²) in [6.45, 7) is 6.68. The fraction of sp³-hybridized carbons (Fsp3) is 0.667. The highest BCUT2D eigenvalue weighted by molar-refractivity contribution is 5.38. The van der Waals surface area contributed by atoms with Crippen LogP contribution in [0.25, 0.3) is 0 Å². The van der Waals surface area contributed by atoms with E-state index in [0.717, 1.165) is 18.3 Å². The Bertz CT molecular complexity index is 443. The smallest absolute Gasteiger partial charge is 0.123 e. The summed E-state index contributed by atoms with van der Waals surface area (Å²) in [5, 5.41) is 3.31. The van der Waals surface area contributed by atoms with Crippen molar-refractivity contribution in [3.63, 3.8) is 0 Å². The van der Waals surface area contributed by atoms with E-state index in [4.69, 9.17) is 4.74 Å². The van der Waals surface area contributed by atoms with Gasteiger partial charge in [-0.3, -0.25) is 4.90 Å². The zero-order valence-electron chi connectivity index (χ0n) is 14.0. The Hall–Kier alpha value is -1.06. The molecule has 0 aliphatic heterocycles. The van der Waals surface area contributed by atoms with E-state index in [9.17, 15) is 0 Å². The van der Waals surface area contributed by atoms with Gasteiger partial charge in [-0.1, -0.05) is 19.4 Å². The Balaban J connectivity index is 2.14. The lowest BCUT2D eigenvalue weighted by Crippen LogP contribution is -2.27. The van der Waals surface area contributed by atoms with Gasteiger partial charge in [0.15, 0.2) is 0 Å². The number of hydrogen-bond acceptors (Lipinski definition) is 3. The van der Waals surface area contributed by atoms with Crippen molar-refractivity contribution in [3.05, 3.63) is 29.3 Å². The first-order valence-electron chi connectivity index (χ1n) is 8.27. The fourth-order valence-corrected chi connectivity index (χ4v) is 2.77. The maximum Gasteiger partial charge on any atom is 0.123 e. The highest BCUT2D eigenvalue weighted by atomic mass is 16.5. The van der Waals surface area contributed by atoms with Gasteiger partial charge < -0.3 is 10.1 Å². The van der Waals surface area contributed by atoms with E-state index >= 15 is 0 Å². The van der Waals surface area contributed by atoms with Crippen molar-refractivity contribution in [2.45, 2.75) is 58.2 Å². The molecule has 0 heterocycles. The SMILES string of the molecule is CCCCN(Cc1cc(C(C)NC)ccc1OC)C1CC1. The third-order valence-electron chi connectivity index (χ3n) is 4.47. The maximum absolute atomic E-state index is 5.57. The van der Waals surface area contributed by atoms with Gasteiger partial charge in [-0.15, -0.1) is 0 Å². The predicted octanol–water partition coefficient (Wildman–Crippen LogP) is 3.74. The Morgan fingerprint density at radius 2 is 2.14 bits per heavy atom. The molecular formula is C18H30N2O. The van der Waals surface area contributed by atoms with E-state index in [1.807, 2.05) is 7.05 Å². The van der Waals surface area contributed by atoms with Gasteiger partial charge in [0.25, 0.3) is 0 Å². The summed E-state index contributed by atoms with van der Waals surface area (Å²) in [7, 11) is 3.78. The van der Waals surface area contributed by atoms with Gasteiger partial charge in [0.2, 0.25) is 0 Å². The molecule has 0 radical (unpaired) electrons. The molecule has 118 valence electrons. The van der Waals surface area contributed by atoms with Gasteiger partial charge in [-0.05, 0) is 57.5 Å². The van der Waals surface area contributed by atoms with E-state index in [1.165, 1.54) is 43.4 Å². The second-order valence-corrected chi connectivity index (χ2v) is 6.14. The lowest BCUT2D eigenvalue weighted by molar-refractivity contribution is 0.246. The molecule has 0 bridgehead atoms. The second kappa shape index (κ2) is 7.81. The van der Waals surface area contributed by atoms with Crippen LogP contribution in [0.5, 0.6) is 5.75 Å². The molecule has 1 unspecified atom stereocenters. The first-order valence-corrected chi connectivity index (χ1v) is 8.27. The molecule has 0 saturated heterocycles. The number of methoxy groups -OCH3 is 1. The summed E-state index contributed by atoms with van der Waals surface area (Å²) in [6, 6.07) is 7.76. The number of ether oxygens (including phenoxy) is 1. The van der Waals surface area contributed by atoms with Crippen LogP contribution in [-0.4, -0.2) is 31.6 Å². The number of hydrogen-bond donors (Lipinski definition) is 1. The maximum atomic E-state index is 5.57. The summed E-state index contributed by atoms with van der Waals surface area (Å²) >= 11 is 0. The van der Waals surface area contributed by atoms with Crippen LogP contribution in [0.2, 0.25) is 0 Å². The van der Waals surface area contributed by atoms with Crippen molar-refractivity contribution in [2.24, 2.45) is 0 Å². The molecule has 3 nitrogen and oxygen atoms in total. The molecule has 0 amide bonds. The average molecular weight is 290 g/mol. The van der Waals surface area contributed by atoms with Crippen molar-refractivity contribution in [3.8, 4) is 5.75 Å². The predicted molar refractivity (Wildman–Crippen MR) is 88.8 cm³/mol. The van der Waals surface area contributed by atoms with Crippen molar-refractivity contribution < 1.29 is 4.74 Å². The summed E-state index contributed by atoms with van der Waals surface area (Å²) in [5.74, 6) is 1.02. The minimum Gasteiger partial charge on any atom is -0.496 e. The van der Waals surface area contributed by atoms with Crippen LogP contribution in [0, 0.1) is 0 Å². The highest BCUT2D eigenvalue weighted by Gasteiger charge is 2.29. The number of nitrogens with one attached hydrogen (secondary N) is 1. The summed E-state index contributed by atoms with van der Waals surface area (Å²) in [6.07, 6.45) is 5.26. The lowest BCUT2D eigenvalue weighted by atomic mass is 10.0. The zero-order chi connectivity index (χ0) is 15.2. The van der Waals surface area contributed by atoms with E-state index in [-0.39, 0.29) is 0 Å². The molecule has 0 spiro atoms. The number of rotatable bonds is 9. The van der Waals surface area contributed by atoms with Crippen molar-refractivity contribution in [1.82, 2.24) is 10.2 Å². The van der Waals surface area contributed by atoms with Gasteiger partial charge in [-0.25, -0.2) is 0 Å². The molecule has 0 aromatic heterocycles. The van der Waals surface area contributed by atoms with Gasteiger partial charge >= 0.3 is 0 Å². The highest BCUT2D eigenvalue weighted by Crippen LogP contribution is 2.31. The Kier molecular flexibility index (Phi) is 6.07. The molecule has 2 rings (SSSR count). The van der Waals surface area contributed by atoms with E-state index in [1.54, 1.807) is 7.11 Å². The zero-order valence-corrected chi connectivity index (χ0v) is 14.0. The topological polar surface area (TPSA) is 24.5 Å². The van der Waals surface area contributed by atoms with Crippen LogP contribution < -0.4 is 10.1 Å². The Morgan fingerprint density at radius 1 is 1.38 bits per heavy atom. The molecule has 1 aliphatic rings. The first-order chi connectivity index (χ1) is 10.2. The second-order valence-electron chi connectivity index (χ2n) is 6.14. The summed E-state index contributed by atoms with van der Waals surface area (Å²) in [4.78, 5) is 2.63. The van der Waals surface area contributed by atoms with Crippen molar-refractivity contribution >= 4 is 0 Å². The normalized spacial score (nSPS) is 16.2. The van der Waals surface area contributed by atoms with Crippen molar-refractivity contribution in [1.29, 1.82) is 0 Å². The van der Waals surface area contributed by atoms with Crippen LogP contribution in [0.3, 0.4) is 0 Å². The quantitative estimate of drug-likeness (QED) is 0.750. The molecule has 1 N–H and O–H groups in total. The third kappa shape index (κ3) is 4.45. The van der Waals surface area contributed by atoms with E-state index in [2.05, 4.69) is 42.3 Å². The third-order valence-corrected chi connectivity index (χ3v) is 4.47. The van der Waals surface area contributed by atoms with Crippen LogP contribution >= 0.6 is 0 Å². The van der Waals surface area contributed by atoms with Crippen molar-refractivity contribution in [2.75, 3.05) is 20.7 Å². The molecular weight excluding hydrogens is 260 g/mol. The van der Waals surface area contributed by atoms with E-state index in [0.29, 0.717) is 6.04 Å². The lowest BCUT2D eigenvalue weighted by Gasteiger charge is -2.24. The van der Waals surface area contributed by atoms with Crippen LogP contribution in [0.1, 0.15) is 56.7 Å². The minimum absolute atomic E-state index is 0.375. The van der Waals surface area contributed by atoms with E-state index < -0.39 is 0 Å². The van der Waals surface area contributed by atoms with Gasteiger partial charge in [0, 0.05) is 24.2 Å². The minimum atomic E-state index is 0.375. The molecule has 1 aromatic carbocycles.